The zero-order valence-electron chi connectivity index (χ0n) is 10.2. The zero-order chi connectivity index (χ0) is 11.8. The van der Waals surface area contributed by atoms with Gasteiger partial charge in [-0.15, -0.1) is 0 Å². The Morgan fingerprint density at radius 2 is 2.12 bits per heavy atom. The molecule has 1 atom stereocenters. The SMILES string of the molecule is CC1(C2CC2)CNCCN1CCS(C)(=O)=O. The van der Waals surface area contributed by atoms with Crippen molar-refractivity contribution in [3.8, 4) is 0 Å². The van der Waals surface area contributed by atoms with Crippen molar-refractivity contribution < 1.29 is 8.42 Å². The average Bonchev–Trinajstić information content (AvgIpc) is 2.98. The largest absolute Gasteiger partial charge is 0.314 e. The van der Waals surface area contributed by atoms with E-state index >= 15 is 0 Å². The van der Waals surface area contributed by atoms with E-state index in [9.17, 15) is 8.42 Å². The van der Waals surface area contributed by atoms with Gasteiger partial charge in [0.15, 0.2) is 0 Å². The summed E-state index contributed by atoms with van der Waals surface area (Å²) in [6.45, 7) is 5.92. The molecule has 0 radical (unpaired) electrons. The van der Waals surface area contributed by atoms with Gasteiger partial charge >= 0.3 is 0 Å². The zero-order valence-corrected chi connectivity index (χ0v) is 11.0. The number of nitrogens with one attached hydrogen (secondary N) is 1. The lowest BCUT2D eigenvalue weighted by atomic mass is 9.91. The molecule has 2 fully saturated rings. The van der Waals surface area contributed by atoms with Crippen molar-refractivity contribution >= 4 is 9.84 Å². The van der Waals surface area contributed by atoms with E-state index in [0.717, 1.165) is 25.6 Å². The van der Waals surface area contributed by atoms with Crippen LogP contribution in [0, 0.1) is 5.92 Å². The normalized spacial score (nSPS) is 32.9. The number of rotatable bonds is 4. The molecule has 2 aliphatic rings. The van der Waals surface area contributed by atoms with Crippen LogP contribution in [0.15, 0.2) is 0 Å². The van der Waals surface area contributed by atoms with Crippen molar-refractivity contribution in [2.75, 3.05) is 38.2 Å². The molecular formula is C11H22N2O2S. The highest BCUT2D eigenvalue weighted by Gasteiger charge is 2.46. The van der Waals surface area contributed by atoms with Crippen LogP contribution in [0.25, 0.3) is 0 Å². The van der Waals surface area contributed by atoms with E-state index < -0.39 is 9.84 Å². The molecule has 1 saturated heterocycles. The Morgan fingerprint density at radius 3 is 2.69 bits per heavy atom. The van der Waals surface area contributed by atoms with Gasteiger partial charge in [-0.05, 0) is 25.7 Å². The van der Waals surface area contributed by atoms with Crippen LogP contribution in [-0.4, -0.2) is 57.0 Å². The second-order valence-corrected chi connectivity index (χ2v) is 7.68. The summed E-state index contributed by atoms with van der Waals surface area (Å²) in [5.41, 5.74) is 0.183. The highest BCUT2D eigenvalue weighted by molar-refractivity contribution is 7.90. The standard InChI is InChI=1S/C11H22N2O2S/c1-11(10-3-4-10)9-12-5-6-13(11)7-8-16(2,14)15/h10,12H,3-9H2,1-2H3. The summed E-state index contributed by atoms with van der Waals surface area (Å²) in [7, 11) is -2.84. The Balaban J connectivity index is 1.99. The molecule has 1 saturated carbocycles. The molecular weight excluding hydrogens is 224 g/mol. The molecule has 0 aromatic rings. The first kappa shape index (κ1) is 12.3. The van der Waals surface area contributed by atoms with E-state index in [0.29, 0.717) is 6.54 Å². The summed E-state index contributed by atoms with van der Waals surface area (Å²) in [6, 6.07) is 0. The van der Waals surface area contributed by atoms with Gasteiger partial charge in [-0.1, -0.05) is 0 Å². The lowest BCUT2D eigenvalue weighted by Gasteiger charge is -2.45. The average molecular weight is 246 g/mol. The predicted octanol–water partition coefficient (Wildman–Crippen LogP) is 0.105. The first-order valence-electron chi connectivity index (χ1n) is 6.05. The van der Waals surface area contributed by atoms with Crippen LogP contribution in [0.3, 0.4) is 0 Å². The van der Waals surface area contributed by atoms with E-state index in [4.69, 9.17) is 0 Å². The topological polar surface area (TPSA) is 49.4 Å². The monoisotopic (exact) mass is 246 g/mol. The van der Waals surface area contributed by atoms with E-state index in [-0.39, 0.29) is 11.3 Å². The molecule has 2 rings (SSSR count). The van der Waals surface area contributed by atoms with Gasteiger partial charge in [0.1, 0.15) is 9.84 Å². The maximum absolute atomic E-state index is 11.2. The molecule has 16 heavy (non-hydrogen) atoms. The first-order chi connectivity index (χ1) is 7.42. The van der Waals surface area contributed by atoms with Crippen LogP contribution < -0.4 is 5.32 Å². The molecule has 0 aromatic carbocycles. The van der Waals surface area contributed by atoms with Crippen molar-refractivity contribution in [3.05, 3.63) is 0 Å². The van der Waals surface area contributed by atoms with Gasteiger partial charge in [0.25, 0.3) is 0 Å². The quantitative estimate of drug-likeness (QED) is 0.764. The van der Waals surface area contributed by atoms with E-state index in [1.165, 1.54) is 19.1 Å². The highest BCUT2D eigenvalue weighted by Crippen LogP contribution is 2.43. The summed E-state index contributed by atoms with van der Waals surface area (Å²) < 4.78 is 22.5. The summed E-state index contributed by atoms with van der Waals surface area (Å²) in [5.74, 6) is 1.05. The van der Waals surface area contributed by atoms with Crippen LogP contribution >= 0.6 is 0 Å². The lowest BCUT2D eigenvalue weighted by Crippen LogP contribution is -2.61. The molecule has 1 aliphatic carbocycles. The van der Waals surface area contributed by atoms with Crippen LogP contribution in [0.1, 0.15) is 19.8 Å². The molecule has 0 spiro atoms. The van der Waals surface area contributed by atoms with Crippen molar-refractivity contribution in [1.82, 2.24) is 10.2 Å². The van der Waals surface area contributed by atoms with Gasteiger partial charge in [0.2, 0.25) is 0 Å². The fourth-order valence-corrected chi connectivity index (χ4v) is 3.23. The Hall–Kier alpha value is -0.130. The number of hydrogen-bond acceptors (Lipinski definition) is 4. The van der Waals surface area contributed by atoms with Gasteiger partial charge in [0, 0.05) is 38.0 Å². The van der Waals surface area contributed by atoms with Gasteiger partial charge in [-0.3, -0.25) is 4.90 Å². The third-order valence-corrected chi connectivity index (χ3v) is 4.88. The Bertz CT molecular complexity index is 351. The Kier molecular flexibility index (Phi) is 3.29. The summed E-state index contributed by atoms with van der Waals surface area (Å²) >= 11 is 0. The van der Waals surface area contributed by atoms with Gasteiger partial charge in [-0.2, -0.15) is 0 Å². The van der Waals surface area contributed by atoms with Crippen molar-refractivity contribution in [2.24, 2.45) is 5.92 Å². The van der Waals surface area contributed by atoms with E-state index in [1.807, 2.05) is 0 Å². The van der Waals surface area contributed by atoms with Gasteiger partial charge in [0.05, 0.1) is 5.75 Å². The number of sulfone groups is 1. The molecule has 0 amide bonds. The van der Waals surface area contributed by atoms with Crippen LogP contribution in [0.4, 0.5) is 0 Å². The minimum Gasteiger partial charge on any atom is -0.314 e. The molecule has 94 valence electrons. The molecule has 1 aliphatic heterocycles. The third kappa shape index (κ3) is 2.76. The van der Waals surface area contributed by atoms with Crippen molar-refractivity contribution in [2.45, 2.75) is 25.3 Å². The smallest absolute Gasteiger partial charge is 0.148 e. The number of nitrogens with zero attached hydrogens (tertiary/aromatic N) is 1. The molecule has 0 bridgehead atoms. The van der Waals surface area contributed by atoms with Crippen molar-refractivity contribution in [3.63, 3.8) is 0 Å². The fraction of sp³-hybridized carbons (Fsp3) is 1.00. The van der Waals surface area contributed by atoms with Crippen LogP contribution in [-0.2, 0) is 9.84 Å². The summed E-state index contributed by atoms with van der Waals surface area (Å²) in [4.78, 5) is 2.38. The third-order valence-electron chi connectivity index (χ3n) is 3.95. The molecule has 5 heteroatoms. The van der Waals surface area contributed by atoms with Gasteiger partial charge in [-0.25, -0.2) is 8.42 Å². The molecule has 4 nitrogen and oxygen atoms in total. The van der Waals surface area contributed by atoms with E-state index in [1.54, 1.807) is 0 Å². The second-order valence-electron chi connectivity index (χ2n) is 5.43. The minimum atomic E-state index is -2.84. The maximum Gasteiger partial charge on any atom is 0.148 e. The van der Waals surface area contributed by atoms with Crippen LogP contribution in [0.2, 0.25) is 0 Å². The number of piperazine rings is 1. The van der Waals surface area contributed by atoms with E-state index in [2.05, 4.69) is 17.1 Å². The molecule has 1 N–H and O–H groups in total. The second kappa shape index (κ2) is 4.27. The predicted molar refractivity (Wildman–Crippen MR) is 65.3 cm³/mol. The van der Waals surface area contributed by atoms with Gasteiger partial charge < -0.3 is 5.32 Å². The first-order valence-corrected chi connectivity index (χ1v) is 8.11. The molecule has 1 heterocycles. The fourth-order valence-electron chi connectivity index (χ4n) is 2.67. The lowest BCUT2D eigenvalue weighted by molar-refractivity contribution is 0.0622. The Labute approximate surface area is 98.3 Å². The number of hydrogen-bond donors (Lipinski definition) is 1. The maximum atomic E-state index is 11.2. The minimum absolute atomic E-state index is 0.183. The summed E-state index contributed by atoms with van der Waals surface area (Å²) in [5, 5.41) is 3.43. The van der Waals surface area contributed by atoms with Crippen LogP contribution in [0.5, 0.6) is 0 Å². The highest BCUT2D eigenvalue weighted by atomic mass is 32.2. The molecule has 1 unspecified atom stereocenters. The Morgan fingerprint density at radius 1 is 1.44 bits per heavy atom. The summed E-state index contributed by atoms with van der Waals surface area (Å²) in [6.07, 6.45) is 3.92. The van der Waals surface area contributed by atoms with Crippen molar-refractivity contribution in [1.29, 1.82) is 0 Å². The molecule has 0 aromatic heterocycles.